The van der Waals surface area contributed by atoms with Crippen LogP contribution in [0.3, 0.4) is 0 Å². The topological polar surface area (TPSA) is 41.6 Å². The zero-order chi connectivity index (χ0) is 12.3. The second-order valence-electron chi connectivity index (χ2n) is 4.20. The molecule has 2 rings (SSSR count). The van der Waals surface area contributed by atoms with Crippen molar-refractivity contribution in [1.82, 2.24) is 10.2 Å². The van der Waals surface area contributed by atoms with Crippen LogP contribution in [0.2, 0.25) is 0 Å². The number of amides is 1. The smallest absolute Gasteiger partial charge is 0.268 e. The van der Waals surface area contributed by atoms with Gasteiger partial charge in [0.15, 0.2) is 0 Å². The predicted octanol–water partition coefficient (Wildman–Crippen LogP) is 1.58. The molecule has 0 saturated carbocycles. The lowest BCUT2D eigenvalue weighted by Gasteiger charge is -2.26. The minimum atomic E-state index is 0.0908. The van der Waals surface area contributed by atoms with Gasteiger partial charge in [-0.05, 0) is 31.3 Å². The van der Waals surface area contributed by atoms with Crippen LogP contribution in [-0.2, 0) is 0 Å². The average Bonchev–Trinajstić information content (AvgIpc) is 2.71. The lowest BCUT2D eigenvalue weighted by Crippen LogP contribution is -2.39. The Morgan fingerprint density at radius 1 is 1.59 bits per heavy atom. The molecule has 0 spiro atoms. The number of carbonyl (C=O) groups is 1. The first-order chi connectivity index (χ1) is 8.24. The third-order valence-corrected chi connectivity index (χ3v) is 3.99. The molecular formula is C12H18N2O2S. The molecule has 1 aromatic heterocycles. The van der Waals surface area contributed by atoms with Gasteiger partial charge in [-0.1, -0.05) is 0 Å². The normalized spacial score (nSPS) is 21.1. The predicted molar refractivity (Wildman–Crippen MR) is 68.9 cm³/mol. The molecule has 1 unspecified atom stereocenters. The quantitative estimate of drug-likeness (QED) is 0.871. The van der Waals surface area contributed by atoms with E-state index in [4.69, 9.17) is 4.74 Å². The molecule has 4 nitrogen and oxygen atoms in total. The van der Waals surface area contributed by atoms with Crippen molar-refractivity contribution >= 4 is 17.2 Å². The lowest BCUT2D eigenvalue weighted by molar-refractivity contribution is 0.0706. The van der Waals surface area contributed by atoms with Gasteiger partial charge in [-0.15, -0.1) is 11.3 Å². The Labute approximate surface area is 106 Å². The van der Waals surface area contributed by atoms with Crippen LogP contribution in [0, 0.1) is 0 Å². The van der Waals surface area contributed by atoms with Crippen molar-refractivity contribution in [1.29, 1.82) is 0 Å². The molecule has 1 amide bonds. The number of carbonyl (C=O) groups excluding carboxylic acids is 1. The summed E-state index contributed by atoms with van der Waals surface area (Å²) in [4.78, 5) is 15.1. The molecule has 2 heterocycles. The van der Waals surface area contributed by atoms with E-state index in [-0.39, 0.29) is 11.9 Å². The number of nitrogens with one attached hydrogen (secondary N) is 1. The zero-order valence-electron chi connectivity index (χ0n) is 10.2. The fourth-order valence-corrected chi connectivity index (χ4v) is 2.87. The van der Waals surface area contributed by atoms with E-state index in [9.17, 15) is 4.79 Å². The number of rotatable bonds is 2. The number of ether oxygens (including phenoxy) is 1. The molecule has 1 fully saturated rings. The maximum Gasteiger partial charge on any atom is 0.268 e. The van der Waals surface area contributed by atoms with Crippen LogP contribution in [0.1, 0.15) is 23.0 Å². The van der Waals surface area contributed by atoms with Gasteiger partial charge < -0.3 is 15.0 Å². The number of methoxy groups -OCH3 is 1. The van der Waals surface area contributed by atoms with E-state index in [0.29, 0.717) is 10.6 Å². The Hall–Kier alpha value is -1.07. The highest BCUT2D eigenvalue weighted by molar-refractivity contribution is 7.12. The highest BCUT2D eigenvalue weighted by atomic mass is 32.1. The van der Waals surface area contributed by atoms with Crippen LogP contribution >= 0.6 is 11.3 Å². The van der Waals surface area contributed by atoms with E-state index in [2.05, 4.69) is 12.2 Å². The molecule has 1 aliphatic rings. The van der Waals surface area contributed by atoms with Gasteiger partial charge in [-0.3, -0.25) is 4.79 Å². The summed E-state index contributed by atoms with van der Waals surface area (Å²) in [7, 11) is 1.60. The summed E-state index contributed by atoms with van der Waals surface area (Å²) in [5.41, 5.74) is 0. The molecule has 17 heavy (non-hydrogen) atoms. The van der Waals surface area contributed by atoms with Gasteiger partial charge in [0.25, 0.3) is 5.91 Å². The molecule has 0 radical (unpaired) electrons. The summed E-state index contributed by atoms with van der Waals surface area (Å²) in [5, 5.41) is 5.21. The molecule has 0 aromatic carbocycles. The number of hydrogen-bond donors (Lipinski definition) is 1. The number of nitrogens with zero attached hydrogens (tertiary/aromatic N) is 1. The largest absolute Gasteiger partial charge is 0.495 e. The molecule has 1 atom stereocenters. The highest BCUT2D eigenvalue weighted by Crippen LogP contribution is 2.27. The second-order valence-corrected chi connectivity index (χ2v) is 5.12. The van der Waals surface area contributed by atoms with E-state index in [1.54, 1.807) is 7.11 Å². The van der Waals surface area contributed by atoms with E-state index in [1.165, 1.54) is 11.3 Å². The first kappa shape index (κ1) is 12.4. The molecule has 1 aromatic rings. The monoisotopic (exact) mass is 254 g/mol. The third kappa shape index (κ3) is 2.61. The summed E-state index contributed by atoms with van der Waals surface area (Å²) < 4.78 is 5.21. The maximum atomic E-state index is 12.4. The SMILES string of the molecule is COc1ccsc1C(=O)N1CCNCCC1C. The van der Waals surface area contributed by atoms with E-state index < -0.39 is 0 Å². The van der Waals surface area contributed by atoms with E-state index >= 15 is 0 Å². The molecule has 1 saturated heterocycles. The Balaban J connectivity index is 2.18. The van der Waals surface area contributed by atoms with Gasteiger partial charge in [0.1, 0.15) is 10.6 Å². The minimum absolute atomic E-state index is 0.0908. The van der Waals surface area contributed by atoms with Crippen LogP contribution in [0.15, 0.2) is 11.4 Å². The average molecular weight is 254 g/mol. The Bertz CT molecular complexity index is 392. The van der Waals surface area contributed by atoms with Gasteiger partial charge in [-0.25, -0.2) is 0 Å². The van der Waals surface area contributed by atoms with Gasteiger partial charge >= 0.3 is 0 Å². The summed E-state index contributed by atoms with van der Waals surface area (Å²) in [6.07, 6.45) is 0.999. The Morgan fingerprint density at radius 2 is 2.41 bits per heavy atom. The van der Waals surface area contributed by atoms with Crippen LogP contribution in [0.25, 0.3) is 0 Å². The summed E-state index contributed by atoms with van der Waals surface area (Å²) >= 11 is 1.45. The highest BCUT2D eigenvalue weighted by Gasteiger charge is 2.25. The number of thiophene rings is 1. The van der Waals surface area contributed by atoms with Crippen molar-refractivity contribution in [3.8, 4) is 5.75 Å². The molecule has 0 aliphatic carbocycles. The lowest BCUT2D eigenvalue weighted by atomic mass is 10.2. The second kappa shape index (κ2) is 5.51. The summed E-state index contributed by atoms with van der Waals surface area (Å²) in [5.74, 6) is 0.775. The minimum Gasteiger partial charge on any atom is -0.495 e. The fourth-order valence-electron chi connectivity index (χ4n) is 2.06. The van der Waals surface area contributed by atoms with Crippen LogP contribution < -0.4 is 10.1 Å². The Kier molecular flexibility index (Phi) is 4.02. The van der Waals surface area contributed by atoms with Crippen LogP contribution in [0.4, 0.5) is 0 Å². The van der Waals surface area contributed by atoms with Crippen molar-refractivity contribution in [2.45, 2.75) is 19.4 Å². The summed E-state index contributed by atoms with van der Waals surface area (Å²) in [6, 6.07) is 2.13. The van der Waals surface area contributed by atoms with Gasteiger partial charge in [-0.2, -0.15) is 0 Å². The zero-order valence-corrected chi connectivity index (χ0v) is 11.0. The maximum absolute atomic E-state index is 12.4. The third-order valence-electron chi connectivity index (χ3n) is 3.10. The van der Waals surface area contributed by atoms with Gasteiger partial charge in [0.2, 0.25) is 0 Å². The van der Waals surface area contributed by atoms with Crippen LogP contribution in [0.5, 0.6) is 5.75 Å². The van der Waals surface area contributed by atoms with Gasteiger partial charge in [0.05, 0.1) is 7.11 Å². The molecule has 1 N–H and O–H groups in total. The first-order valence-electron chi connectivity index (χ1n) is 5.87. The van der Waals surface area contributed by atoms with Crippen molar-refractivity contribution in [2.24, 2.45) is 0 Å². The van der Waals surface area contributed by atoms with Crippen LogP contribution in [-0.4, -0.2) is 43.6 Å². The van der Waals surface area contributed by atoms with E-state index in [1.807, 2.05) is 16.3 Å². The van der Waals surface area contributed by atoms with E-state index in [0.717, 1.165) is 26.1 Å². The molecule has 0 bridgehead atoms. The molecule has 1 aliphatic heterocycles. The van der Waals surface area contributed by atoms with Crippen molar-refractivity contribution < 1.29 is 9.53 Å². The fraction of sp³-hybridized carbons (Fsp3) is 0.583. The first-order valence-corrected chi connectivity index (χ1v) is 6.75. The molecule has 5 heteroatoms. The standard InChI is InChI=1S/C12H18N2O2S/c1-9-3-5-13-6-7-14(9)12(15)11-10(16-2)4-8-17-11/h4,8-9,13H,3,5-7H2,1-2H3. The molecule has 94 valence electrons. The van der Waals surface area contributed by atoms with Gasteiger partial charge in [0, 0.05) is 19.1 Å². The number of hydrogen-bond acceptors (Lipinski definition) is 4. The van der Waals surface area contributed by atoms with Crippen molar-refractivity contribution in [2.75, 3.05) is 26.7 Å². The molecular weight excluding hydrogens is 236 g/mol. The Morgan fingerprint density at radius 3 is 3.18 bits per heavy atom. The van der Waals surface area contributed by atoms with Crippen molar-refractivity contribution in [3.05, 3.63) is 16.3 Å². The van der Waals surface area contributed by atoms with Crippen molar-refractivity contribution in [3.63, 3.8) is 0 Å². The summed E-state index contributed by atoms with van der Waals surface area (Å²) in [6.45, 7) is 4.71.